The van der Waals surface area contributed by atoms with Crippen LogP contribution >= 0.6 is 0 Å². The van der Waals surface area contributed by atoms with Crippen LogP contribution in [0.15, 0.2) is 36.4 Å². The summed E-state index contributed by atoms with van der Waals surface area (Å²) >= 11 is 0. The molecule has 1 heterocycles. The van der Waals surface area contributed by atoms with Crippen molar-refractivity contribution in [3.63, 3.8) is 0 Å². The molecule has 3 rings (SSSR count). The Hall–Kier alpha value is -2.76. The van der Waals surface area contributed by atoms with Gasteiger partial charge in [-0.05, 0) is 26.0 Å². The molecule has 0 aromatic heterocycles. The lowest BCUT2D eigenvalue weighted by Crippen LogP contribution is -2.46. The third-order valence-electron chi connectivity index (χ3n) is 4.00. The van der Waals surface area contributed by atoms with Crippen molar-refractivity contribution >= 4 is 28.5 Å². The monoisotopic (exact) mass is 329 g/mol. The van der Waals surface area contributed by atoms with Gasteiger partial charge in [0.05, 0.1) is 6.61 Å². The molecule has 1 aliphatic heterocycles. The lowest BCUT2D eigenvalue weighted by molar-refractivity contribution is -0.135. The summed E-state index contributed by atoms with van der Waals surface area (Å²) < 4.78 is 15.3. The summed E-state index contributed by atoms with van der Waals surface area (Å²) in [4.78, 5) is 23.7. The largest absolute Gasteiger partial charge is 0.508 e. The molecule has 24 heavy (non-hydrogen) atoms. The van der Waals surface area contributed by atoms with Crippen LogP contribution in [0.4, 0.5) is 10.5 Å². The predicted molar refractivity (Wildman–Crippen MR) is 89.2 cm³/mol. The minimum Gasteiger partial charge on any atom is -0.493 e. The van der Waals surface area contributed by atoms with Gasteiger partial charge in [0.2, 0.25) is 5.91 Å². The van der Waals surface area contributed by atoms with Crippen molar-refractivity contribution in [3.8, 4) is 5.75 Å². The maximum atomic E-state index is 12.6. The van der Waals surface area contributed by atoms with Gasteiger partial charge in [-0.15, -0.1) is 0 Å². The van der Waals surface area contributed by atoms with E-state index in [-0.39, 0.29) is 19.1 Å². The SMILES string of the molecule is CCOc1ccc(NC(=O)C2(C)COC(=O)OC2)c2ccccc12. The van der Waals surface area contributed by atoms with E-state index >= 15 is 0 Å². The average Bonchev–Trinajstić information content (AvgIpc) is 2.60. The summed E-state index contributed by atoms with van der Waals surface area (Å²) in [6.07, 6.45) is -0.744. The van der Waals surface area contributed by atoms with Gasteiger partial charge in [-0.3, -0.25) is 4.79 Å². The Labute approximate surface area is 139 Å². The number of benzene rings is 2. The molecule has 0 bridgehead atoms. The van der Waals surface area contributed by atoms with Crippen molar-refractivity contribution in [1.82, 2.24) is 0 Å². The molecule has 2 aromatic rings. The molecule has 1 saturated heterocycles. The van der Waals surface area contributed by atoms with E-state index in [1.165, 1.54) is 0 Å². The molecule has 0 aliphatic carbocycles. The number of carbonyl (C=O) groups is 2. The second kappa shape index (κ2) is 6.39. The predicted octanol–water partition coefficient (Wildman–Crippen LogP) is 3.35. The smallest absolute Gasteiger partial charge is 0.493 e. The lowest BCUT2D eigenvalue weighted by Gasteiger charge is -2.30. The second-order valence-corrected chi connectivity index (χ2v) is 5.93. The number of cyclic esters (lactones) is 2. The molecule has 2 aromatic carbocycles. The number of amides is 1. The zero-order chi connectivity index (χ0) is 17.2. The van der Waals surface area contributed by atoms with Crippen LogP contribution in [-0.2, 0) is 14.3 Å². The molecular formula is C18H19NO5. The van der Waals surface area contributed by atoms with Gasteiger partial charge in [-0.2, -0.15) is 0 Å². The molecule has 1 aliphatic rings. The molecule has 0 radical (unpaired) electrons. The van der Waals surface area contributed by atoms with Gasteiger partial charge in [0.15, 0.2) is 0 Å². The third kappa shape index (κ3) is 2.99. The summed E-state index contributed by atoms with van der Waals surface area (Å²) in [6.45, 7) is 4.18. The number of carbonyl (C=O) groups excluding carboxylic acids is 2. The minimum absolute atomic E-state index is 0.00731. The van der Waals surface area contributed by atoms with Gasteiger partial charge < -0.3 is 19.5 Å². The summed E-state index contributed by atoms with van der Waals surface area (Å²) in [7, 11) is 0. The van der Waals surface area contributed by atoms with E-state index in [9.17, 15) is 9.59 Å². The van der Waals surface area contributed by atoms with Crippen LogP contribution < -0.4 is 10.1 Å². The van der Waals surface area contributed by atoms with Crippen molar-refractivity contribution in [1.29, 1.82) is 0 Å². The van der Waals surface area contributed by atoms with Crippen LogP contribution in [0.3, 0.4) is 0 Å². The fourth-order valence-corrected chi connectivity index (χ4v) is 2.59. The molecule has 0 spiro atoms. The molecule has 6 nitrogen and oxygen atoms in total. The highest BCUT2D eigenvalue weighted by Crippen LogP contribution is 2.33. The molecule has 0 saturated carbocycles. The van der Waals surface area contributed by atoms with E-state index in [2.05, 4.69) is 5.32 Å². The fraction of sp³-hybridized carbons (Fsp3) is 0.333. The fourth-order valence-electron chi connectivity index (χ4n) is 2.59. The number of nitrogens with one attached hydrogen (secondary N) is 1. The van der Waals surface area contributed by atoms with E-state index < -0.39 is 11.6 Å². The van der Waals surface area contributed by atoms with E-state index in [0.29, 0.717) is 12.3 Å². The average molecular weight is 329 g/mol. The Morgan fingerprint density at radius 2 is 1.83 bits per heavy atom. The standard InChI is InChI=1S/C18H19NO5/c1-3-22-15-9-8-14(12-6-4-5-7-13(12)15)19-16(20)18(2)10-23-17(21)24-11-18/h4-9H,3,10-11H2,1-2H3,(H,19,20). The summed E-state index contributed by atoms with van der Waals surface area (Å²) in [5.74, 6) is 0.511. The number of rotatable bonds is 4. The minimum atomic E-state index is -0.923. The lowest BCUT2D eigenvalue weighted by atomic mass is 9.91. The molecule has 1 N–H and O–H groups in total. The Bertz CT molecular complexity index is 776. The number of hydrogen-bond acceptors (Lipinski definition) is 5. The Kier molecular flexibility index (Phi) is 4.29. The molecule has 6 heteroatoms. The first kappa shape index (κ1) is 16.1. The van der Waals surface area contributed by atoms with Crippen LogP contribution in [0.2, 0.25) is 0 Å². The van der Waals surface area contributed by atoms with Crippen molar-refractivity contribution < 1.29 is 23.8 Å². The molecule has 1 fully saturated rings. The quantitative estimate of drug-likeness (QED) is 0.871. The van der Waals surface area contributed by atoms with Crippen LogP contribution in [-0.4, -0.2) is 31.9 Å². The van der Waals surface area contributed by atoms with Crippen molar-refractivity contribution in [2.24, 2.45) is 5.41 Å². The highest BCUT2D eigenvalue weighted by molar-refractivity contribution is 6.05. The number of ether oxygens (including phenoxy) is 3. The van der Waals surface area contributed by atoms with Crippen molar-refractivity contribution in [3.05, 3.63) is 36.4 Å². The Morgan fingerprint density at radius 1 is 1.17 bits per heavy atom. The third-order valence-corrected chi connectivity index (χ3v) is 4.00. The second-order valence-electron chi connectivity index (χ2n) is 5.93. The van der Waals surface area contributed by atoms with Crippen LogP contribution in [0, 0.1) is 5.41 Å². The highest BCUT2D eigenvalue weighted by Gasteiger charge is 2.40. The topological polar surface area (TPSA) is 73.9 Å². The first-order chi connectivity index (χ1) is 11.5. The normalized spacial score (nSPS) is 16.2. The van der Waals surface area contributed by atoms with Gasteiger partial charge in [0.1, 0.15) is 24.4 Å². The number of hydrogen-bond donors (Lipinski definition) is 1. The van der Waals surface area contributed by atoms with Crippen molar-refractivity contribution in [2.45, 2.75) is 13.8 Å². The van der Waals surface area contributed by atoms with E-state index in [1.807, 2.05) is 43.3 Å². The van der Waals surface area contributed by atoms with Gasteiger partial charge in [0.25, 0.3) is 0 Å². The van der Waals surface area contributed by atoms with E-state index in [0.717, 1.165) is 16.5 Å². The molecule has 126 valence electrons. The van der Waals surface area contributed by atoms with E-state index in [4.69, 9.17) is 14.2 Å². The summed E-state index contributed by atoms with van der Waals surface area (Å²) in [5.41, 5.74) is -0.245. The van der Waals surface area contributed by atoms with Crippen molar-refractivity contribution in [2.75, 3.05) is 25.1 Å². The van der Waals surface area contributed by atoms with Gasteiger partial charge in [-0.25, -0.2) is 4.79 Å². The zero-order valence-electron chi connectivity index (χ0n) is 13.6. The summed E-state index contributed by atoms with van der Waals surface area (Å²) in [5, 5.41) is 4.72. The zero-order valence-corrected chi connectivity index (χ0v) is 13.6. The van der Waals surface area contributed by atoms with Gasteiger partial charge in [-0.1, -0.05) is 24.3 Å². The van der Waals surface area contributed by atoms with Crippen LogP contribution in [0.25, 0.3) is 10.8 Å². The maximum absolute atomic E-state index is 12.6. The Morgan fingerprint density at radius 3 is 2.50 bits per heavy atom. The summed E-state index contributed by atoms with van der Waals surface area (Å²) in [6, 6.07) is 11.3. The molecule has 1 amide bonds. The van der Waals surface area contributed by atoms with Gasteiger partial charge in [0, 0.05) is 16.5 Å². The Balaban J connectivity index is 1.89. The highest BCUT2D eigenvalue weighted by atomic mass is 16.7. The number of fused-ring (bicyclic) bond motifs is 1. The van der Waals surface area contributed by atoms with E-state index in [1.54, 1.807) is 6.92 Å². The maximum Gasteiger partial charge on any atom is 0.508 e. The van der Waals surface area contributed by atoms with Crippen LogP contribution in [0.5, 0.6) is 5.75 Å². The van der Waals surface area contributed by atoms with Gasteiger partial charge >= 0.3 is 6.16 Å². The first-order valence-corrected chi connectivity index (χ1v) is 7.79. The molecule has 0 atom stereocenters. The molecule has 0 unspecified atom stereocenters. The van der Waals surface area contributed by atoms with Crippen LogP contribution in [0.1, 0.15) is 13.8 Å². The molecular weight excluding hydrogens is 310 g/mol. The number of anilines is 1. The first-order valence-electron chi connectivity index (χ1n) is 7.79.